The number of hydrogen-bond donors (Lipinski definition) is 3. The summed E-state index contributed by atoms with van der Waals surface area (Å²) in [4.78, 5) is 48.5. The summed E-state index contributed by atoms with van der Waals surface area (Å²) in [5, 5.41) is 47.1. The van der Waals surface area contributed by atoms with E-state index in [4.69, 9.17) is 38.0 Å². The van der Waals surface area contributed by atoms with Gasteiger partial charge < -0.3 is 58.2 Å². The molecule has 18 atom stereocenters. The zero-order valence-electron chi connectivity index (χ0n) is 38.7. The second-order valence-corrected chi connectivity index (χ2v) is 18.7. The third-order valence-electron chi connectivity index (χ3n) is 13.1. The molecule has 3 heterocycles. The standard InChI is InChI=1S/C42H77N3O15/c1-16-18-31(46)57-37-27(7)44(14)22-23(3)20-40(9,49)36(59-39-34(60-45(51)52)29(43(12)13)19-24(4)54-39)25(5)33(26(6)38(48)56-30(17-2)42(37,11)50)58-32-21-41(10,53-15)35(47)28(8)55-32/h23-30,32-37,39,47,49-50H,16-22H2,1-15H3/t23-,24-,25+,26-,27-,28+,29?,30-,32+,33+,34-,35+,36-,37-,39+,40-,41-,42-/m1/s1. The van der Waals surface area contributed by atoms with Crippen LogP contribution in [0.25, 0.3) is 0 Å². The van der Waals surface area contributed by atoms with Gasteiger partial charge in [0.05, 0.1) is 41.5 Å². The van der Waals surface area contributed by atoms with Crippen molar-refractivity contribution in [1.29, 1.82) is 0 Å². The number of hydrogen-bond acceptors (Lipinski definition) is 17. The van der Waals surface area contributed by atoms with Crippen molar-refractivity contribution in [3.05, 3.63) is 10.1 Å². The summed E-state index contributed by atoms with van der Waals surface area (Å²) >= 11 is 0. The molecule has 3 rings (SSSR count). The molecular weight excluding hydrogens is 786 g/mol. The van der Waals surface area contributed by atoms with E-state index in [1.165, 1.54) is 14.0 Å². The van der Waals surface area contributed by atoms with Crippen LogP contribution in [0, 0.1) is 27.9 Å². The molecule has 3 aliphatic rings. The van der Waals surface area contributed by atoms with Gasteiger partial charge >= 0.3 is 11.9 Å². The Kier molecular flexibility index (Phi) is 18.6. The minimum absolute atomic E-state index is 0.0623. The number of esters is 2. The molecule has 350 valence electrons. The van der Waals surface area contributed by atoms with E-state index >= 15 is 0 Å². The lowest BCUT2D eigenvalue weighted by Crippen LogP contribution is -2.61. The van der Waals surface area contributed by atoms with Gasteiger partial charge in [-0.25, -0.2) is 0 Å². The van der Waals surface area contributed by atoms with Gasteiger partial charge in [0.1, 0.15) is 23.9 Å². The van der Waals surface area contributed by atoms with E-state index < -0.39 is 119 Å². The van der Waals surface area contributed by atoms with Crippen molar-refractivity contribution in [2.75, 3.05) is 34.8 Å². The average Bonchev–Trinajstić information content (AvgIpc) is 3.14. The summed E-state index contributed by atoms with van der Waals surface area (Å²) in [5.74, 6) is -3.54. The lowest BCUT2D eigenvalue weighted by Gasteiger charge is -2.49. The maximum Gasteiger partial charge on any atom is 0.311 e. The third kappa shape index (κ3) is 12.5. The Bertz CT molecular complexity index is 1400. The molecule has 18 nitrogen and oxygen atoms in total. The van der Waals surface area contributed by atoms with Gasteiger partial charge in [-0.1, -0.05) is 27.7 Å². The zero-order chi connectivity index (χ0) is 45.7. The van der Waals surface area contributed by atoms with E-state index in [0.717, 1.165) is 0 Å². The van der Waals surface area contributed by atoms with Crippen LogP contribution in [0.4, 0.5) is 0 Å². The fourth-order valence-corrected chi connectivity index (χ4v) is 9.54. The maximum atomic E-state index is 14.6. The van der Waals surface area contributed by atoms with E-state index in [1.807, 2.05) is 39.6 Å². The summed E-state index contributed by atoms with van der Waals surface area (Å²) in [6.45, 7) is 19.4. The number of rotatable bonds is 12. The maximum absolute atomic E-state index is 14.6. The van der Waals surface area contributed by atoms with Crippen LogP contribution in [-0.4, -0.2) is 167 Å². The Hall–Kier alpha value is -2.26. The second kappa shape index (κ2) is 21.4. The average molecular weight is 864 g/mol. The van der Waals surface area contributed by atoms with E-state index in [1.54, 1.807) is 60.5 Å². The van der Waals surface area contributed by atoms with Crippen molar-refractivity contribution in [2.24, 2.45) is 17.8 Å². The number of ether oxygens (including phenoxy) is 7. The SMILES string of the molecule is CCCC(=O)O[C@@H]1[C@@H](C)N(C)C[C@H](C)C[C@@](C)(O)[C@H](O[C@@H]2O[C@H](C)CC(N(C)C)[C@H]2O[N+](=O)[O-])[C@@H](C)[C@H](O[C@H]2C[C@@](C)(OC)[C@@H](O)[C@H](C)O2)[C@@H](C)C(=O)O[C@H](CC)[C@@]1(C)O. The molecule has 0 saturated carbocycles. The van der Waals surface area contributed by atoms with Crippen LogP contribution in [0.15, 0.2) is 0 Å². The minimum Gasteiger partial charge on any atom is -0.459 e. The van der Waals surface area contributed by atoms with Gasteiger partial charge in [0.25, 0.3) is 5.09 Å². The van der Waals surface area contributed by atoms with Crippen LogP contribution in [0.5, 0.6) is 0 Å². The predicted molar refractivity (Wildman–Crippen MR) is 219 cm³/mol. The Morgan fingerprint density at radius 3 is 2.18 bits per heavy atom. The van der Waals surface area contributed by atoms with Crippen molar-refractivity contribution in [3.8, 4) is 0 Å². The zero-order valence-corrected chi connectivity index (χ0v) is 38.7. The summed E-state index contributed by atoms with van der Waals surface area (Å²) < 4.78 is 43.9. The topological polar surface area (TPSA) is 218 Å². The Balaban J connectivity index is 2.26. The fraction of sp³-hybridized carbons (Fsp3) is 0.952. The van der Waals surface area contributed by atoms with Gasteiger partial charge in [0.2, 0.25) is 0 Å². The van der Waals surface area contributed by atoms with E-state index in [2.05, 4.69) is 0 Å². The van der Waals surface area contributed by atoms with Crippen LogP contribution in [0.2, 0.25) is 0 Å². The molecule has 0 radical (unpaired) electrons. The van der Waals surface area contributed by atoms with E-state index in [-0.39, 0.29) is 31.6 Å². The van der Waals surface area contributed by atoms with Gasteiger partial charge in [-0.3, -0.25) is 14.5 Å². The molecule has 3 saturated heterocycles. The van der Waals surface area contributed by atoms with Crippen molar-refractivity contribution in [2.45, 2.75) is 205 Å². The van der Waals surface area contributed by atoms with Gasteiger partial charge in [-0.05, 0) is 101 Å². The van der Waals surface area contributed by atoms with Crippen LogP contribution >= 0.6 is 0 Å². The molecule has 18 heteroatoms. The first-order chi connectivity index (χ1) is 27.7. The quantitative estimate of drug-likeness (QED) is 0.145. The van der Waals surface area contributed by atoms with Gasteiger partial charge in [0, 0.05) is 44.5 Å². The smallest absolute Gasteiger partial charge is 0.311 e. The van der Waals surface area contributed by atoms with Gasteiger partial charge in [-0.15, -0.1) is 10.1 Å². The molecule has 0 aliphatic carbocycles. The third-order valence-corrected chi connectivity index (χ3v) is 13.1. The molecule has 0 aromatic heterocycles. The van der Waals surface area contributed by atoms with Crippen molar-refractivity contribution >= 4 is 11.9 Å². The van der Waals surface area contributed by atoms with Crippen molar-refractivity contribution in [1.82, 2.24) is 9.80 Å². The lowest BCUT2D eigenvalue weighted by molar-refractivity contribution is -0.775. The highest BCUT2D eigenvalue weighted by atomic mass is 17.0. The first kappa shape index (κ1) is 52.1. The molecule has 1 unspecified atom stereocenters. The number of nitrogens with zero attached hydrogens (tertiary/aromatic N) is 3. The number of methoxy groups -OCH3 is 1. The number of cyclic esters (lactones) is 1. The number of aliphatic hydroxyl groups excluding tert-OH is 1. The number of aliphatic hydroxyl groups is 3. The highest BCUT2D eigenvalue weighted by Crippen LogP contribution is 2.41. The molecular formula is C42H77N3O15. The van der Waals surface area contributed by atoms with Gasteiger partial charge in [-0.2, -0.15) is 0 Å². The molecule has 3 fully saturated rings. The summed E-state index contributed by atoms with van der Waals surface area (Å²) in [7, 11) is 6.86. The van der Waals surface area contributed by atoms with Gasteiger partial charge in [0.15, 0.2) is 18.7 Å². The summed E-state index contributed by atoms with van der Waals surface area (Å²) in [5.41, 5.74) is -4.66. The monoisotopic (exact) mass is 864 g/mol. The first-order valence-corrected chi connectivity index (χ1v) is 21.6. The molecule has 0 spiro atoms. The fourth-order valence-electron chi connectivity index (χ4n) is 9.54. The highest BCUT2D eigenvalue weighted by molar-refractivity contribution is 5.73. The molecule has 0 aromatic rings. The highest BCUT2D eigenvalue weighted by Gasteiger charge is 2.54. The second-order valence-electron chi connectivity index (χ2n) is 18.7. The van der Waals surface area contributed by atoms with Crippen LogP contribution in [-0.2, 0) is 47.6 Å². The Morgan fingerprint density at radius 2 is 1.63 bits per heavy atom. The van der Waals surface area contributed by atoms with Crippen LogP contribution in [0.3, 0.4) is 0 Å². The molecule has 0 aromatic carbocycles. The number of carbonyl (C=O) groups excluding carboxylic acids is 2. The minimum atomic E-state index is -1.86. The molecule has 3 N–H and O–H groups in total. The van der Waals surface area contributed by atoms with Crippen LogP contribution < -0.4 is 0 Å². The Morgan fingerprint density at radius 1 is 1.00 bits per heavy atom. The molecule has 0 amide bonds. The summed E-state index contributed by atoms with van der Waals surface area (Å²) in [6.07, 6.45) is -9.00. The number of likely N-dealkylation sites (N-methyl/N-ethyl adjacent to an activating group) is 2. The summed E-state index contributed by atoms with van der Waals surface area (Å²) in [6, 6.07) is -1.09. The first-order valence-electron chi connectivity index (χ1n) is 21.6. The van der Waals surface area contributed by atoms with E-state index in [0.29, 0.717) is 19.4 Å². The normalized spacial score (nSPS) is 44.3. The molecule has 60 heavy (non-hydrogen) atoms. The van der Waals surface area contributed by atoms with E-state index in [9.17, 15) is 35.0 Å². The number of carbonyl (C=O) groups is 2. The largest absolute Gasteiger partial charge is 0.459 e. The lowest BCUT2D eigenvalue weighted by atomic mass is 9.77. The van der Waals surface area contributed by atoms with Crippen molar-refractivity contribution < 1.29 is 68.0 Å². The van der Waals surface area contributed by atoms with Crippen molar-refractivity contribution in [3.63, 3.8) is 0 Å². The molecule has 0 bridgehead atoms. The van der Waals surface area contributed by atoms with Crippen LogP contribution in [0.1, 0.15) is 115 Å². The predicted octanol–water partition coefficient (Wildman–Crippen LogP) is 3.47. The Labute approximate surface area is 356 Å². The molecule has 3 aliphatic heterocycles.